The fraction of sp³-hybridized carbons (Fsp3) is 0.529. The highest BCUT2D eigenvalue weighted by Crippen LogP contribution is 2.33. The molecule has 0 aliphatic rings. The van der Waals surface area contributed by atoms with Gasteiger partial charge in [0, 0.05) is 11.4 Å². The second-order valence-electron chi connectivity index (χ2n) is 5.73. The van der Waals surface area contributed by atoms with E-state index in [1.54, 1.807) is 6.92 Å². The summed E-state index contributed by atoms with van der Waals surface area (Å²) in [6.45, 7) is 10.6. The van der Waals surface area contributed by atoms with E-state index in [0.717, 1.165) is 34.4 Å². The van der Waals surface area contributed by atoms with Crippen LogP contribution in [0.15, 0.2) is 5.16 Å². The fourth-order valence-corrected chi connectivity index (χ4v) is 4.28. The number of amides is 1. The van der Waals surface area contributed by atoms with Gasteiger partial charge in [-0.3, -0.25) is 4.79 Å². The maximum absolute atomic E-state index is 12.4. The predicted octanol–water partition coefficient (Wildman–Crippen LogP) is 3.58. The Hall–Kier alpha value is -1.87. The summed E-state index contributed by atoms with van der Waals surface area (Å²) in [4.78, 5) is 25.5. The Morgan fingerprint density at radius 3 is 2.62 bits per heavy atom. The van der Waals surface area contributed by atoms with Gasteiger partial charge < -0.3 is 14.6 Å². The van der Waals surface area contributed by atoms with Crippen LogP contribution >= 0.6 is 23.1 Å². The Morgan fingerprint density at radius 1 is 1.23 bits per heavy atom. The molecule has 0 spiro atoms. The summed E-state index contributed by atoms with van der Waals surface area (Å²) in [6, 6.07) is 0. The topological polar surface area (TPSA) is 86.1 Å². The highest BCUT2D eigenvalue weighted by atomic mass is 32.2. The van der Waals surface area contributed by atoms with E-state index >= 15 is 0 Å². The number of aromatic nitrogens is 3. The first-order valence-corrected chi connectivity index (χ1v) is 10.3. The van der Waals surface area contributed by atoms with Crippen molar-refractivity contribution in [1.29, 1.82) is 0 Å². The number of nitrogens with one attached hydrogen (secondary N) is 1. The number of aryl methyl sites for hydroxylation is 2. The number of nitrogens with zero attached hydrogens (tertiary/aromatic N) is 3. The first-order valence-electron chi connectivity index (χ1n) is 8.48. The van der Waals surface area contributed by atoms with Crippen LogP contribution in [-0.2, 0) is 16.1 Å². The molecular formula is C17H24N4O3S2. The van der Waals surface area contributed by atoms with E-state index in [0.29, 0.717) is 17.2 Å². The lowest BCUT2D eigenvalue weighted by molar-refractivity contribution is -0.113. The van der Waals surface area contributed by atoms with E-state index in [2.05, 4.69) is 22.4 Å². The summed E-state index contributed by atoms with van der Waals surface area (Å²) in [5.41, 5.74) is 1.28. The Kier molecular flexibility index (Phi) is 7.22. The molecule has 0 aliphatic carbocycles. The Morgan fingerprint density at radius 2 is 1.96 bits per heavy atom. The van der Waals surface area contributed by atoms with Crippen molar-refractivity contribution in [3.8, 4) is 0 Å². The van der Waals surface area contributed by atoms with Crippen molar-refractivity contribution in [2.24, 2.45) is 0 Å². The lowest BCUT2D eigenvalue weighted by atomic mass is 10.1. The second kappa shape index (κ2) is 9.18. The average Bonchev–Trinajstić information content (AvgIpc) is 3.07. The third kappa shape index (κ3) is 4.64. The van der Waals surface area contributed by atoms with Gasteiger partial charge in [-0.05, 0) is 39.7 Å². The molecule has 2 rings (SSSR count). The van der Waals surface area contributed by atoms with Gasteiger partial charge in [-0.15, -0.1) is 21.5 Å². The van der Waals surface area contributed by atoms with Crippen molar-refractivity contribution in [2.45, 2.75) is 52.7 Å². The van der Waals surface area contributed by atoms with Crippen LogP contribution in [0.2, 0.25) is 0 Å². The van der Waals surface area contributed by atoms with E-state index in [-0.39, 0.29) is 11.7 Å². The monoisotopic (exact) mass is 396 g/mol. The summed E-state index contributed by atoms with van der Waals surface area (Å²) in [6.07, 6.45) is 0.968. The summed E-state index contributed by atoms with van der Waals surface area (Å²) in [5.74, 6) is 0.435. The molecule has 0 aromatic carbocycles. The maximum Gasteiger partial charge on any atom is 0.341 e. The number of rotatable bonds is 8. The highest BCUT2D eigenvalue weighted by Gasteiger charge is 2.22. The molecule has 1 amide bonds. The first kappa shape index (κ1) is 20.4. The van der Waals surface area contributed by atoms with Crippen molar-refractivity contribution in [3.05, 3.63) is 21.8 Å². The molecule has 1 N–H and O–H groups in total. The summed E-state index contributed by atoms with van der Waals surface area (Å²) in [7, 11) is 0. The number of hydrogen-bond donors (Lipinski definition) is 1. The predicted molar refractivity (Wildman–Crippen MR) is 104 cm³/mol. The Labute approximate surface area is 161 Å². The van der Waals surface area contributed by atoms with Gasteiger partial charge in [0.05, 0.1) is 17.9 Å². The Balaban J connectivity index is 2.07. The normalized spacial score (nSPS) is 10.8. The molecule has 2 aromatic rings. The number of esters is 1. The zero-order valence-corrected chi connectivity index (χ0v) is 17.3. The van der Waals surface area contributed by atoms with Gasteiger partial charge in [0.1, 0.15) is 10.8 Å². The van der Waals surface area contributed by atoms with Crippen molar-refractivity contribution >= 4 is 40.0 Å². The quantitative estimate of drug-likeness (QED) is 0.542. The van der Waals surface area contributed by atoms with Crippen LogP contribution in [0.1, 0.15) is 46.9 Å². The largest absolute Gasteiger partial charge is 0.462 e. The van der Waals surface area contributed by atoms with E-state index in [1.165, 1.54) is 23.1 Å². The molecule has 9 heteroatoms. The molecule has 0 saturated heterocycles. The van der Waals surface area contributed by atoms with Crippen molar-refractivity contribution < 1.29 is 14.3 Å². The van der Waals surface area contributed by atoms with Crippen LogP contribution in [0, 0.1) is 20.8 Å². The molecule has 0 saturated carbocycles. The second-order valence-corrected chi connectivity index (χ2v) is 7.89. The van der Waals surface area contributed by atoms with Gasteiger partial charge >= 0.3 is 5.97 Å². The minimum Gasteiger partial charge on any atom is -0.462 e. The highest BCUT2D eigenvalue weighted by molar-refractivity contribution is 7.99. The number of hydrogen-bond acceptors (Lipinski definition) is 7. The fourth-order valence-electron chi connectivity index (χ4n) is 2.41. The number of ether oxygens (including phenoxy) is 1. The molecule has 26 heavy (non-hydrogen) atoms. The maximum atomic E-state index is 12.4. The first-order chi connectivity index (χ1) is 12.4. The molecule has 0 aliphatic heterocycles. The Bertz CT molecular complexity index is 798. The summed E-state index contributed by atoms with van der Waals surface area (Å²) in [5, 5.41) is 12.3. The molecule has 0 atom stereocenters. The zero-order chi connectivity index (χ0) is 19.3. The van der Waals surface area contributed by atoms with Crippen LogP contribution in [0.4, 0.5) is 5.00 Å². The summed E-state index contributed by atoms with van der Waals surface area (Å²) >= 11 is 2.72. The molecule has 0 bridgehead atoms. The van der Waals surface area contributed by atoms with E-state index in [4.69, 9.17) is 4.74 Å². The van der Waals surface area contributed by atoms with E-state index < -0.39 is 5.97 Å². The lowest BCUT2D eigenvalue weighted by Crippen LogP contribution is -2.17. The van der Waals surface area contributed by atoms with E-state index in [1.807, 2.05) is 25.3 Å². The van der Waals surface area contributed by atoms with Gasteiger partial charge in [-0.1, -0.05) is 18.7 Å². The van der Waals surface area contributed by atoms with E-state index in [9.17, 15) is 9.59 Å². The molecular weight excluding hydrogens is 372 g/mol. The van der Waals surface area contributed by atoms with Gasteiger partial charge in [-0.25, -0.2) is 4.79 Å². The molecule has 142 valence electrons. The third-order valence-corrected chi connectivity index (χ3v) is 5.89. The lowest BCUT2D eigenvalue weighted by Gasteiger charge is -2.08. The number of carbonyl (C=O) groups excluding carboxylic acids is 2. The van der Waals surface area contributed by atoms with Crippen molar-refractivity contribution in [3.63, 3.8) is 0 Å². The van der Waals surface area contributed by atoms with Crippen LogP contribution in [0.3, 0.4) is 0 Å². The SMILES string of the molecule is CCCn1c(C)nnc1SCC(=O)Nc1sc(C)c(C)c1C(=O)OCC. The van der Waals surface area contributed by atoms with Crippen LogP contribution < -0.4 is 5.32 Å². The smallest absolute Gasteiger partial charge is 0.341 e. The number of anilines is 1. The van der Waals surface area contributed by atoms with Crippen LogP contribution in [0.25, 0.3) is 0 Å². The van der Waals surface area contributed by atoms with Gasteiger partial charge in [0.25, 0.3) is 0 Å². The van der Waals surface area contributed by atoms with Crippen molar-refractivity contribution in [1.82, 2.24) is 14.8 Å². The third-order valence-electron chi connectivity index (χ3n) is 3.80. The molecule has 7 nitrogen and oxygen atoms in total. The van der Waals surface area contributed by atoms with Crippen LogP contribution in [-0.4, -0.2) is 39.0 Å². The number of carbonyl (C=O) groups is 2. The summed E-state index contributed by atoms with van der Waals surface area (Å²) < 4.78 is 7.11. The van der Waals surface area contributed by atoms with Crippen LogP contribution in [0.5, 0.6) is 0 Å². The zero-order valence-electron chi connectivity index (χ0n) is 15.7. The minimum absolute atomic E-state index is 0.189. The molecule has 2 aromatic heterocycles. The minimum atomic E-state index is -0.407. The molecule has 0 unspecified atom stereocenters. The molecule has 0 radical (unpaired) electrons. The standard InChI is InChI=1S/C17H24N4O3S2/c1-6-8-21-12(5)19-20-17(21)25-9-13(22)18-15-14(16(23)24-7-2)10(3)11(4)26-15/h6-9H2,1-5H3,(H,18,22). The average molecular weight is 397 g/mol. The molecule has 2 heterocycles. The number of thiophene rings is 1. The molecule has 0 fully saturated rings. The van der Waals surface area contributed by atoms with Gasteiger partial charge in [0.2, 0.25) is 5.91 Å². The number of thioether (sulfide) groups is 1. The van der Waals surface area contributed by atoms with Gasteiger partial charge in [-0.2, -0.15) is 0 Å². The van der Waals surface area contributed by atoms with Gasteiger partial charge in [0.15, 0.2) is 5.16 Å². The van der Waals surface area contributed by atoms with Crippen molar-refractivity contribution in [2.75, 3.05) is 17.7 Å².